The highest BCUT2D eigenvalue weighted by molar-refractivity contribution is 8.26. The maximum atomic E-state index is 12.8. The fraction of sp³-hybridized carbons (Fsp3) is 0.0769. The number of carbonyl (C=O) groups is 3. The number of hydrazine groups is 1. The van der Waals surface area contributed by atoms with Crippen molar-refractivity contribution in [2.75, 3.05) is 0 Å². The third kappa shape index (κ3) is 5.76. The molecule has 0 unspecified atom stereocenters. The van der Waals surface area contributed by atoms with Gasteiger partial charge in [0.05, 0.1) is 10.5 Å². The average Bonchev–Trinajstić information content (AvgIpc) is 3.11. The van der Waals surface area contributed by atoms with E-state index in [9.17, 15) is 19.5 Å². The molecule has 0 saturated carbocycles. The molecule has 176 valence electrons. The number of carbonyl (C=O) groups excluding carboxylic acids is 2. The minimum atomic E-state index is -1.10. The number of aromatic carboxylic acids is 1. The summed E-state index contributed by atoms with van der Waals surface area (Å²) in [4.78, 5) is 37.2. The number of nitrogens with one attached hydrogen (secondary N) is 1. The number of hydrogen-bond acceptors (Lipinski definition) is 6. The molecule has 0 radical (unpaired) electrons. The Bertz CT molecular complexity index is 1330. The fourth-order valence-corrected chi connectivity index (χ4v) is 4.41. The molecule has 1 saturated heterocycles. The number of thioether (sulfide) groups is 1. The maximum absolute atomic E-state index is 12.8. The Morgan fingerprint density at radius 1 is 1.06 bits per heavy atom. The van der Waals surface area contributed by atoms with Crippen molar-refractivity contribution in [2.24, 2.45) is 0 Å². The van der Waals surface area contributed by atoms with E-state index >= 15 is 0 Å². The summed E-state index contributed by atoms with van der Waals surface area (Å²) in [6, 6.07) is 20.9. The molecule has 1 heterocycles. The van der Waals surface area contributed by atoms with Gasteiger partial charge < -0.3 is 9.84 Å². The van der Waals surface area contributed by atoms with Gasteiger partial charge in [-0.25, -0.2) is 4.79 Å². The van der Waals surface area contributed by atoms with E-state index in [1.807, 2.05) is 31.2 Å². The summed E-state index contributed by atoms with van der Waals surface area (Å²) >= 11 is 6.23. The van der Waals surface area contributed by atoms with Crippen LogP contribution in [0, 0.1) is 6.92 Å². The topological polar surface area (TPSA) is 95.9 Å². The third-order valence-corrected chi connectivity index (χ3v) is 6.43. The maximum Gasteiger partial charge on any atom is 0.336 e. The number of amides is 2. The number of carboxylic acids is 1. The predicted molar refractivity (Wildman–Crippen MR) is 138 cm³/mol. The van der Waals surface area contributed by atoms with Crippen LogP contribution in [0.25, 0.3) is 6.08 Å². The normalized spacial score (nSPS) is 14.3. The molecule has 0 bridgehead atoms. The molecule has 3 aromatic carbocycles. The monoisotopic (exact) mass is 504 g/mol. The lowest BCUT2D eigenvalue weighted by molar-refractivity contribution is -0.123. The quantitative estimate of drug-likeness (QED) is 0.352. The summed E-state index contributed by atoms with van der Waals surface area (Å²) < 4.78 is 5.90. The van der Waals surface area contributed by atoms with Gasteiger partial charge in [-0.15, -0.1) is 0 Å². The molecule has 9 heteroatoms. The lowest BCUT2D eigenvalue weighted by Gasteiger charge is -2.16. The SMILES string of the molecule is Cc1ccc(COc2ccc(C(=O)NN3C(=O)/C(=C\c4ccccc4C(=O)O)SC3=S)cc2)cc1. The first kappa shape index (κ1) is 24.2. The van der Waals surface area contributed by atoms with Crippen molar-refractivity contribution in [3.05, 3.63) is 106 Å². The van der Waals surface area contributed by atoms with Gasteiger partial charge in [-0.2, -0.15) is 5.01 Å². The largest absolute Gasteiger partial charge is 0.489 e. The van der Waals surface area contributed by atoms with Gasteiger partial charge in [0.2, 0.25) is 0 Å². The molecule has 0 atom stereocenters. The number of thiocarbonyl (C=S) groups is 1. The average molecular weight is 505 g/mol. The van der Waals surface area contributed by atoms with Gasteiger partial charge in [0.1, 0.15) is 12.4 Å². The molecule has 7 nitrogen and oxygen atoms in total. The van der Waals surface area contributed by atoms with Gasteiger partial charge in [0, 0.05) is 5.56 Å². The molecule has 2 amide bonds. The van der Waals surface area contributed by atoms with E-state index in [0.717, 1.165) is 22.3 Å². The molecule has 0 aromatic heterocycles. The first-order chi connectivity index (χ1) is 16.8. The van der Waals surface area contributed by atoms with E-state index in [4.69, 9.17) is 17.0 Å². The molecule has 0 aliphatic carbocycles. The van der Waals surface area contributed by atoms with Crippen molar-refractivity contribution in [1.29, 1.82) is 0 Å². The minimum Gasteiger partial charge on any atom is -0.489 e. The Balaban J connectivity index is 1.40. The number of ether oxygens (including phenoxy) is 1. The molecular weight excluding hydrogens is 484 g/mol. The summed E-state index contributed by atoms with van der Waals surface area (Å²) in [5.41, 5.74) is 5.47. The molecule has 1 aliphatic rings. The van der Waals surface area contributed by atoms with Gasteiger partial charge in [0.25, 0.3) is 11.8 Å². The van der Waals surface area contributed by atoms with Gasteiger partial charge in [-0.05, 0) is 66.7 Å². The van der Waals surface area contributed by atoms with Gasteiger partial charge >= 0.3 is 5.97 Å². The van der Waals surface area contributed by atoms with Crippen LogP contribution in [-0.2, 0) is 11.4 Å². The van der Waals surface area contributed by atoms with Gasteiger partial charge in [0.15, 0.2) is 4.32 Å². The molecular formula is C26H20N2O5S2. The van der Waals surface area contributed by atoms with E-state index in [-0.39, 0.29) is 14.8 Å². The summed E-state index contributed by atoms with van der Waals surface area (Å²) in [6.45, 7) is 2.42. The van der Waals surface area contributed by atoms with E-state index in [1.54, 1.807) is 42.5 Å². The molecule has 3 aromatic rings. The Morgan fingerprint density at radius 3 is 2.43 bits per heavy atom. The Kier molecular flexibility index (Phi) is 7.28. The van der Waals surface area contributed by atoms with E-state index in [2.05, 4.69) is 5.43 Å². The zero-order valence-electron chi connectivity index (χ0n) is 18.6. The van der Waals surface area contributed by atoms with Crippen LogP contribution in [0.3, 0.4) is 0 Å². The summed E-state index contributed by atoms with van der Waals surface area (Å²) in [7, 11) is 0. The summed E-state index contributed by atoms with van der Waals surface area (Å²) in [5.74, 6) is -1.55. The first-order valence-corrected chi connectivity index (χ1v) is 11.7. The van der Waals surface area contributed by atoms with Gasteiger partial charge in [-0.1, -0.05) is 59.8 Å². The van der Waals surface area contributed by atoms with E-state index in [1.165, 1.54) is 17.7 Å². The highest BCUT2D eigenvalue weighted by Gasteiger charge is 2.34. The fourth-order valence-electron chi connectivity index (χ4n) is 3.24. The van der Waals surface area contributed by atoms with Crippen LogP contribution >= 0.6 is 24.0 Å². The Labute approximate surface area is 211 Å². The van der Waals surface area contributed by atoms with Crippen LogP contribution in [0.2, 0.25) is 0 Å². The van der Waals surface area contributed by atoms with Crippen LogP contribution in [-0.4, -0.2) is 32.2 Å². The highest BCUT2D eigenvalue weighted by Crippen LogP contribution is 2.32. The van der Waals surface area contributed by atoms with E-state index < -0.39 is 17.8 Å². The number of carboxylic acid groups (broad SMARTS) is 1. The van der Waals surface area contributed by atoms with Crippen LogP contribution in [0.1, 0.15) is 37.4 Å². The highest BCUT2D eigenvalue weighted by atomic mass is 32.2. The van der Waals surface area contributed by atoms with Crippen molar-refractivity contribution < 1.29 is 24.2 Å². The second-order valence-electron chi connectivity index (χ2n) is 7.65. The Hall–Kier alpha value is -3.95. The zero-order chi connectivity index (χ0) is 24.9. The standard InChI is InChI=1S/C26H20N2O5S2/c1-16-6-8-17(9-7-16)15-33-20-12-10-18(11-13-20)23(29)27-28-24(30)22(35-26(28)34)14-19-4-2-3-5-21(19)25(31)32/h2-14H,15H2,1H3,(H,27,29)(H,31,32)/b22-14+. The van der Waals surface area contributed by atoms with Crippen molar-refractivity contribution >= 4 is 52.2 Å². The lowest BCUT2D eigenvalue weighted by Crippen LogP contribution is -2.44. The van der Waals surface area contributed by atoms with Crippen LogP contribution in [0.4, 0.5) is 0 Å². The van der Waals surface area contributed by atoms with Crippen molar-refractivity contribution in [1.82, 2.24) is 10.4 Å². The Morgan fingerprint density at radius 2 is 1.74 bits per heavy atom. The second kappa shape index (κ2) is 10.5. The molecule has 4 rings (SSSR count). The van der Waals surface area contributed by atoms with E-state index in [0.29, 0.717) is 23.5 Å². The van der Waals surface area contributed by atoms with Crippen LogP contribution in [0.15, 0.2) is 77.7 Å². The first-order valence-electron chi connectivity index (χ1n) is 10.5. The summed E-state index contributed by atoms with van der Waals surface area (Å²) in [6.07, 6.45) is 1.45. The lowest BCUT2D eigenvalue weighted by atomic mass is 10.1. The zero-order valence-corrected chi connectivity index (χ0v) is 20.2. The number of aryl methyl sites for hydroxylation is 1. The number of benzene rings is 3. The number of hydrogen-bond donors (Lipinski definition) is 2. The van der Waals surface area contributed by atoms with Gasteiger partial charge in [-0.3, -0.25) is 15.0 Å². The van der Waals surface area contributed by atoms with Crippen molar-refractivity contribution in [3.63, 3.8) is 0 Å². The van der Waals surface area contributed by atoms with Crippen LogP contribution < -0.4 is 10.2 Å². The molecule has 1 fully saturated rings. The van der Waals surface area contributed by atoms with Crippen molar-refractivity contribution in [3.8, 4) is 5.75 Å². The molecule has 0 spiro atoms. The smallest absolute Gasteiger partial charge is 0.336 e. The minimum absolute atomic E-state index is 0.0616. The third-order valence-electron chi connectivity index (χ3n) is 5.13. The predicted octanol–water partition coefficient (Wildman–Crippen LogP) is 4.82. The second-order valence-corrected chi connectivity index (χ2v) is 9.32. The van der Waals surface area contributed by atoms with Crippen LogP contribution in [0.5, 0.6) is 5.75 Å². The number of rotatable bonds is 7. The van der Waals surface area contributed by atoms with Crippen molar-refractivity contribution in [2.45, 2.75) is 13.5 Å². The number of nitrogens with zero attached hydrogens (tertiary/aromatic N) is 1. The molecule has 2 N–H and O–H groups in total. The molecule has 35 heavy (non-hydrogen) atoms. The summed E-state index contributed by atoms with van der Waals surface area (Å²) in [5, 5.41) is 10.3. The molecule has 1 aliphatic heterocycles.